The van der Waals surface area contributed by atoms with Crippen molar-refractivity contribution in [3.63, 3.8) is 0 Å². The molecule has 1 unspecified atom stereocenters. The van der Waals surface area contributed by atoms with Gasteiger partial charge in [-0.15, -0.1) is 0 Å². The van der Waals surface area contributed by atoms with Crippen LogP contribution in [0.4, 0.5) is 13.2 Å². The van der Waals surface area contributed by atoms with Gasteiger partial charge < -0.3 is 0 Å². The molecule has 26 heavy (non-hydrogen) atoms. The first kappa shape index (κ1) is 20.2. The average molecular weight is 379 g/mol. The Bertz CT molecular complexity index is 777. The summed E-state index contributed by atoms with van der Waals surface area (Å²) in [7, 11) is 0. The van der Waals surface area contributed by atoms with Crippen molar-refractivity contribution < 1.29 is 18.0 Å². The fraction of sp³-hybridized carbons (Fsp3) is 0.300. The summed E-state index contributed by atoms with van der Waals surface area (Å²) in [5.41, 5.74) is 1.71. The van der Waals surface area contributed by atoms with Crippen LogP contribution in [0.2, 0.25) is 0 Å². The summed E-state index contributed by atoms with van der Waals surface area (Å²) in [6.07, 6.45) is -4.95. The molecular weight excluding hydrogens is 359 g/mol. The van der Waals surface area contributed by atoms with E-state index in [-0.39, 0.29) is 16.0 Å². The molecule has 0 heterocycles. The molecule has 138 valence electrons. The van der Waals surface area contributed by atoms with Crippen LogP contribution in [0.3, 0.4) is 0 Å². The number of hydrogen-bond acceptors (Lipinski definition) is 3. The Morgan fingerprint density at radius 1 is 0.962 bits per heavy atom. The van der Waals surface area contributed by atoms with Gasteiger partial charge in [0.05, 0.1) is 5.04 Å². The number of rotatable bonds is 4. The number of hydrogen-bond donors (Lipinski definition) is 1. The van der Waals surface area contributed by atoms with Gasteiger partial charge in [-0.1, -0.05) is 87.1 Å². The summed E-state index contributed by atoms with van der Waals surface area (Å²) in [6, 6.07) is 14.9. The van der Waals surface area contributed by atoms with Gasteiger partial charge in [-0.25, -0.2) is 0 Å². The van der Waals surface area contributed by atoms with E-state index in [1.807, 2.05) is 12.1 Å². The van der Waals surface area contributed by atoms with E-state index in [0.717, 1.165) is 5.56 Å². The van der Waals surface area contributed by atoms with E-state index in [9.17, 15) is 18.0 Å². The van der Waals surface area contributed by atoms with E-state index >= 15 is 0 Å². The lowest BCUT2D eigenvalue weighted by molar-refractivity contribution is -0.170. The third-order valence-corrected chi connectivity index (χ3v) is 5.06. The monoisotopic (exact) mass is 379 g/mol. The van der Waals surface area contributed by atoms with E-state index in [4.69, 9.17) is 5.41 Å². The topological polar surface area (TPSA) is 40.9 Å². The van der Waals surface area contributed by atoms with Crippen LogP contribution in [0.5, 0.6) is 0 Å². The fourth-order valence-electron chi connectivity index (χ4n) is 2.36. The molecule has 0 spiro atoms. The quantitative estimate of drug-likeness (QED) is 0.529. The fourth-order valence-corrected chi connectivity index (χ4v) is 3.40. The molecule has 1 atom stereocenters. The molecule has 0 saturated heterocycles. The van der Waals surface area contributed by atoms with Crippen LogP contribution >= 0.6 is 11.8 Å². The van der Waals surface area contributed by atoms with Crippen LogP contribution in [0.25, 0.3) is 0 Å². The molecule has 0 amide bonds. The maximum Gasteiger partial charge on any atom is 0.451 e. The highest BCUT2D eigenvalue weighted by atomic mass is 32.2. The van der Waals surface area contributed by atoms with Crippen molar-refractivity contribution in [3.8, 4) is 0 Å². The maximum absolute atomic E-state index is 13.0. The molecule has 0 aliphatic heterocycles. The number of ketones is 1. The van der Waals surface area contributed by atoms with E-state index < -0.39 is 17.2 Å². The van der Waals surface area contributed by atoms with Crippen LogP contribution in [0.1, 0.15) is 42.7 Å². The van der Waals surface area contributed by atoms with E-state index in [1.165, 1.54) is 12.1 Å². The summed E-state index contributed by atoms with van der Waals surface area (Å²) < 4.78 is 39.0. The first-order valence-electron chi connectivity index (χ1n) is 8.02. The zero-order valence-corrected chi connectivity index (χ0v) is 15.5. The van der Waals surface area contributed by atoms with Gasteiger partial charge in [-0.3, -0.25) is 10.2 Å². The predicted molar refractivity (Wildman–Crippen MR) is 99.8 cm³/mol. The highest BCUT2D eigenvalue weighted by Crippen LogP contribution is 2.38. The molecule has 0 aliphatic rings. The zero-order chi connectivity index (χ0) is 19.5. The number of nitrogens with one attached hydrogen (secondary N) is 1. The average Bonchev–Trinajstić information content (AvgIpc) is 2.58. The second-order valence-electron chi connectivity index (χ2n) is 6.93. The van der Waals surface area contributed by atoms with Crippen molar-refractivity contribution in [3.05, 3.63) is 71.3 Å². The molecule has 0 bridgehead atoms. The normalized spacial score (nSPS) is 13.3. The Balaban J connectivity index is 2.28. The Kier molecular flexibility index (Phi) is 5.96. The number of alkyl halides is 3. The molecule has 0 aromatic heterocycles. The number of Topliss-reactive ketones (excluding diaryl/α,β-unsaturated/α-hetero) is 1. The second kappa shape index (κ2) is 7.66. The standard InChI is InChI=1S/C20H20F3NOS/c1-19(2,3)15-11-9-14(10-12-15)18(24)26-16(17(25)20(21,22)23)13-7-5-4-6-8-13/h4-12,16,24H,1-3H3. The highest BCUT2D eigenvalue weighted by Gasteiger charge is 2.44. The van der Waals surface area contributed by atoms with Crippen molar-refractivity contribution in [2.45, 2.75) is 37.6 Å². The molecule has 2 nitrogen and oxygen atoms in total. The van der Waals surface area contributed by atoms with Gasteiger partial charge in [0.2, 0.25) is 0 Å². The van der Waals surface area contributed by atoms with Gasteiger partial charge >= 0.3 is 6.18 Å². The van der Waals surface area contributed by atoms with Crippen molar-refractivity contribution in [1.82, 2.24) is 0 Å². The third-order valence-electron chi connectivity index (χ3n) is 3.87. The Morgan fingerprint density at radius 3 is 1.96 bits per heavy atom. The molecule has 0 aliphatic carbocycles. The Hall–Kier alpha value is -2.08. The predicted octanol–water partition coefficient (Wildman–Crippen LogP) is 5.92. The molecule has 2 rings (SSSR count). The largest absolute Gasteiger partial charge is 0.451 e. The molecule has 1 N–H and O–H groups in total. The van der Waals surface area contributed by atoms with Crippen LogP contribution < -0.4 is 0 Å². The lowest BCUT2D eigenvalue weighted by Crippen LogP contribution is -2.28. The number of benzene rings is 2. The first-order chi connectivity index (χ1) is 12.0. The highest BCUT2D eigenvalue weighted by molar-refractivity contribution is 8.15. The van der Waals surface area contributed by atoms with Gasteiger partial charge in [0.1, 0.15) is 5.25 Å². The lowest BCUT2D eigenvalue weighted by atomic mass is 9.87. The second-order valence-corrected chi connectivity index (χ2v) is 8.04. The van der Waals surface area contributed by atoms with Gasteiger partial charge in [-0.05, 0) is 16.5 Å². The van der Waals surface area contributed by atoms with Crippen LogP contribution in [-0.2, 0) is 10.2 Å². The van der Waals surface area contributed by atoms with Crippen molar-refractivity contribution in [2.75, 3.05) is 0 Å². The Labute approximate surface area is 155 Å². The SMILES string of the molecule is CC(C)(C)c1ccc(C(=N)SC(C(=O)C(F)(F)F)c2ccccc2)cc1. The summed E-state index contributed by atoms with van der Waals surface area (Å²) >= 11 is 0.613. The third kappa shape index (κ3) is 4.97. The summed E-state index contributed by atoms with van der Waals surface area (Å²) in [6.45, 7) is 6.15. The Morgan fingerprint density at radius 2 is 1.50 bits per heavy atom. The molecule has 2 aromatic carbocycles. The minimum atomic E-state index is -4.95. The smallest absolute Gasteiger partial charge is 0.293 e. The van der Waals surface area contributed by atoms with E-state index in [0.29, 0.717) is 17.3 Å². The minimum absolute atomic E-state index is 0.0628. The van der Waals surface area contributed by atoms with Gasteiger partial charge in [0.15, 0.2) is 0 Å². The molecule has 0 saturated carbocycles. The maximum atomic E-state index is 13.0. The van der Waals surface area contributed by atoms with Gasteiger partial charge in [0, 0.05) is 5.56 Å². The minimum Gasteiger partial charge on any atom is -0.293 e. The number of thioether (sulfide) groups is 1. The summed E-state index contributed by atoms with van der Waals surface area (Å²) in [5, 5.41) is 6.61. The van der Waals surface area contributed by atoms with Gasteiger partial charge in [-0.2, -0.15) is 13.2 Å². The van der Waals surface area contributed by atoms with Crippen LogP contribution in [0.15, 0.2) is 54.6 Å². The molecular formula is C20H20F3NOS. The molecule has 2 aromatic rings. The molecule has 0 radical (unpaired) electrons. The molecule has 6 heteroatoms. The first-order valence-corrected chi connectivity index (χ1v) is 8.90. The number of halogens is 3. The van der Waals surface area contributed by atoms with Crippen molar-refractivity contribution in [2.24, 2.45) is 0 Å². The van der Waals surface area contributed by atoms with E-state index in [2.05, 4.69) is 20.8 Å². The summed E-state index contributed by atoms with van der Waals surface area (Å²) in [4.78, 5) is 11.9. The number of carbonyl (C=O) groups excluding carboxylic acids is 1. The molecule has 0 fully saturated rings. The van der Waals surface area contributed by atoms with Crippen molar-refractivity contribution in [1.29, 1.82) is 5.41 Å². The van der Waals surface area contributed by atoms with Crippen LogP contribution in [-0.4, -0.2) is 17.0 Å². The lowest BCUT2D eigenvalue weighted by Gasteiger charge is -2.20. The van der Waals surface area contributed by atoms with Crippen molar-refractivity contribution >= 4 is 22.6 Å². The summed E-state index contributed by atoms with van der Waals surface area (Å²) in [5.74, 6) is -1.86. The van der Waals surface area contributed by atoms with E-state index in [1.54, 1.807) is 30.3 Å². The zero-order valence-electron chi connectivity index (χ0n) is 14.7. The number of carbonyl (C=O) groups is 1. The van der Waals surface area contributed by atoms with Gasteiger partial charge in [0.25, 0.3) is 5.78 Å². The van der Waals surface area contributed by atoms with Crippen LogP contribution in [0, 0.1) is 5.41 Å².